The normalized spacial score (nSPS) is 17.4. The van der Waals surface area contributed by atoms with Crippen molar-refractivity contribution >= 4 is 17.5 Å². The number of hydrogen-bond acceptors (Lipinski definition) is 5. The summed E-state index contributed by atoms with van der Waals surface area (Å²) in [6.07, 6.45) is 0.328. The zero-order valence-electron chi connectivity index (χ0n) is 17.4. The van der Waals surface area contributed by atoms with E-state index < -0.39 is 6.09 Å². The third-order valence-corrected chi connectivity index (χ3v) is 5.28. The first kappa shape index (κ1) is 20.5. The number of aryl methyl sites for hydroxylation is 1. The summed E-state index contributed by atoms with van der Waals surface area (Å²) < 4.78 is 10.5. The Hall–Kier alpha value is -3.20. The largest absolute Gasteiger partial charge is 0.497 e. The van der Waals surface area contributed by atoms with Gasteiger partial charge in [-0.1, -0.05) is 25.1 Å². The minimum absolute atomic E-state index is 0.0908. The lowest BCUT2D eigenvalue weighted by Crippen LogP contribution is -2.26. The van der Waals surface area contributed by atoms with Gasteiger partial charge in [-0.2, -0.15) is 5.26 Å². The number of nitrogens with one attached hydrogen (secondary N) is 1. The number of nitrogens with zero attached hydrogens (tertiary/aromatic N) is 2. The van der Waals surface area contributed by atoms with Crippen LogP contribution in [0.1, 0.15) is 48.9 Å². The summed E-state index contributed by atoms with van der Waals surface area (Å²) in [4.78, 5) is 14.1. The lowest BCUT2D eigenvalue weighted by Gasteiger charge is -2.28. The van der Waals surface area contributed by atoms with E-state index in [4.69, 9.17) is 9.47 Å². The number of rotatable bonds is 6. The van der Waals surface area contributed by atoms with Gasteiger partial charge in [-0.15, -0.1) is 0 Å². The maximum Gasteiger partial charge on any atom is 0.411 e. The maximum atomic E-state index is 11.9. The zero-order chi connectivity index (χ0) is 21.0. The molecular formula is C23H27N3O3. The number of likely N-dealkylation sites (N-methyl/N-ethyl adjacent to an activating group) is 1. The quantitative estimate of drug-likeness (QED) is 0.734. The predicted molar refractivity (Wildman–Crippen MR) is 114 cm³/mol. The Balaban J connectivity index is 1.92. The summed E-state index contributed by atoms with van der Waals surface area (Å²) in [5.74, 6) is 0.504. The molecule has 1 heterocycles. The van der Waals surface area contributed by atoms with Crippen LogP contribution in [0, 0.1) is 18.3 Å². The van der Waals surface area contributed by atoms with Crippen molar-refractivity contribution in [1.82, 2.24) is 0 Å². The minimum Gasteiger partial charge on any atom is -0.497 e. The van der Waals surface area contributed by atoms with E-state index in [1.165, 1.54) is 0 Å². The molecule has 0 spiro atoms. The van der Waals surface area contributed by atoms with E-state index >= 15 is 0 Å². The molecule has 0 aromatic heterocycles. The summed E-state index contributed by atoms with van der Waals surface area (Å²) >= 11 is 0. The second-order valence-corrected chi connectivity index (χ2v) is 7.10. The van der Waals surface area contributed by atoms with E-state index in [0.29, 0.717) is 12.3 Å². The number of carbonyl (C=O) groups excluding carboxylic acids is 1. The van der Waals surface area contributed by atoms with E-state index in [9.17, 15) is 10.1 Å². The van der Waals surface area contributed by atoms with Crippen LogP contribution in [0.5, 0.6) is 5.75 Å². The van der Waals surface area contributed by atoms with Gasteiger partial charge in [-0.05, 0) is 49.1 Å². The molecule has 0 saturated heterocycles. The molecule has 2 atom stereocenters. The van der Waals surface area contributed by atoms with Crippen molar-refractivity contribution in [2.45, 2.75) is 39.2 Å². The molecule has 0 bridgehead atoms. The molecule has 152 valence electrons. The van der Waals surface area contributed by atoms with Crippen LogP contribution in [0.4, 0.5) is 16.2 Å². The van der Waals surface area contributed by atoms with Crippen molar-refractivity contribution in [3.05, 3.63) is 53.1 Å². The van der Waals surface area contributed by atoms with Gasteiger partial charge in [0.15, 0.2) is 0 Å². The molecule has 1 aliphatic rings. The number of anilines is 2. The van der Waals surface area contributed by atoms with Crippen LogP contribution < -0.4 is 15.0 Å². The number of carbonyl (C=O) groups is 1. The van der Waals surface area contributed by atoms with Gasteiger partial charge in [-0.25, -0.2) is 4.79 Å². The zero-order valence-corrected chi connectivity index (χ0v) is 17.4. The number of hydrogen-bond donors (Lipinski definition) is 1. The average Bonchev–Trinajstić information content (AvgIpc) is 3.06. The summed E-state index contributed by atoms with van der Waals surface area (Å²) in [6, 6.07) is 14.2. The fourth-order valence-electron chi connectivity index (χ4n) is 3.89. The van der Waals surface area contributed by atoms with Crippen LogP contribution in [0.3, 0.4) is 0 Å². The van der Waals surface area contributed by atoms with Gasteiger partial charge in [0.25, 0.3) is 0 Å². The topological polar surface area (TPSA) is 74.6 Å². The Morgan fingerprint density at radius 1 is 1.24 bits per heavy atom. The van der Waals surface area contributed by atoms with Crippen LogP contribution in [-0.2, 0) is 4.74 Å². The fraction of sp³-hybridized carbons (Fsp3) is 0.391. The molecule has 29 heavy (non-hydrogen) atoms. The molecule has 2 unspecified atom stereocenters. The molecule has 6 heteroatoms. The third kappa shape index (κ3) is 4.00. The summed E-state index contributed by atoms with van der Waals surface area (Å²) in [5, 5.41) is 12.7. The summed E-state index contributed by atoms with van der Waals surface area (Å²) in [7, 11) is 1.65. The van der Waals surface area contributed by atoms with Crippen molar-refractivity contribution in [2.24, 2.45) is 0 Å². The molecule has 0 radical (unpaired) electrons. The highest BCUT2D eigenvalue weighted by molar-refractivity contribution is 5.85. The first-order valence-corrected chi connectivity index (χ1v) is 9.92. The molecule has 1 aliphatic heterocycles. The molecule has 0 fully saturated rings. The maximum absolute atomic E-state index is 11.9. The molecule has 3 rings (SSSR count). The Bertz CT molecular complexity index is 935. The minimum atomic E-state index is -0.451. The van der Waals surface area contributed by atoms with Gasteiger partial charge < -0.3 is 14.4 Å². The van der Waals surface area contributed by atoms with Crippen LogP contribution in [0.15, 0.2) is 36.4 Å². The highest BCUT2D eigenvalue weighted by Gasteiger charge is 2.39. The van der Waals surface area contributed by atoms with Crippen LogP contribution in [0.25, 0.3) is 0 Å². The highest BCUT2D eigenvalue weighted by Crippen LogP contribution is 2.49. The van der Waals surface area contributed by atoms with Gasteiger partial charge in [0.05, 0.1) is 31.7 Å². The average molecular weight is 393 g/mol. The Labute approximate surface area is 172 Å². The number of nitriles is 1. The Morgan fingerprint density at radius 3 is 2.66 bits per heavy atom. The molecule has 2 aromatic carbocycles. The van der Waals surface area contributed by atoms with E-state index in [0.717, 1.165) is 41.1 Å². The first-order valence-electron chi connectivity index (χ1n) is 9.92. The van der Waals surface area contributed by atoms with Crippen molar-refractivity contribution < 1.29 is 14.3 Å². The molecule has 1 N–H and O–H groups in total. The van der Waals surface area contributed by atoms with E-state index in [-0.39, 0.29) is 12.0 Å². The van der Waals surface area contributed by atoms with Gasteiger partial charge in [0, 0.05) is 24.0 Å². The molecule has 2 aromatic rings. The van der Waals surface area contributed by atoms with Crippen molar-refractivity contribution in [1.29, 1.82) is 5.26 Å². The summed E-state index contributed by atoms with van der Waals surface area (Å²) in [6.45, 7) is 7.14. The number of amides is 1. The van der Waals surface area contributed by atoms with Gasteiger partial charge in [-0.3, -0.25) is 5.32 Å². The van der Waals surface area contributed by atoms with Gasteiger partial charge >= 0.3 is 6.09 Å². The summed E-state index contributed by atoms with van der Waals surface area (Å²) in [5.41, 5.74) is 4.73. The molecule has 0 saturated carbocycles. The third-order valence-electron chi connectivity index (χ3n) is 5.28. The first-order chi connectivity index (χ1) is 14.0. The molecule has 6 nitrogen and oxygen atoms in total. The SMILES string of the molecule is CCCOC(=O)Nc1ccc(C2C(C#N)c3ccc(OC)cc3N2CC)cc1C. The molecule has 0 aliphatic carbocycles. The van der Waals surface area contributed by atoms with Crippen LogP contribution in [-0.4, -0.2) is 26.4 Å². The van der Waals surface area contributed by atoms with Crippen molar-refractivity contribution in [3.63, 3.8) is 0 Å². The van der Waals surface area contributed by atoms with Gasteiger partial charge in [0.1, 0.15) is 5.75 Å². The van der Waals surface area contributed by atoms with E-state index in [1.54, 1.807) is 7.11 Å². The molecule has 1 amide bonds. The van der Waals surface area contributed by atoms with Gasteiger partial charge in [0.2, 0.25) is 0 Å². The number of fused-ring (bicyclic) bond motifs is 1. The number of benzene rings is 2. The molecular weight excluding hydrogens is 366 g/mol. The Morgan fingerprint density at radius 2 is 2.03 bits per heavy atom. The van der Waals surface area contributed by atoms with E-state index in [2.05, 4.69) is 23.2 Å². The highest BCUT2D eigenvalue weighted by atomic mass is 16.5. The second-order valence-electron chi connectivity index (χ2n) is 7.10. The second kappa shape index (κ2) is 8.87. The predicted octanol–water partition coefficient (Wildman–Crippen LogP) is 5.15. The fourth-order valence-corrected chi connectivity index (χ4v) is 3.89. The van der Waals surface area contributed by atoms with Crippen LogP contribution in [0.2, 0.25) is 0 Å². The lowest BCUT2D eigenvalue weighted by molar-refractivity contribution is 0.161. The number of methoxy groups -OCH3 is 1. The Kier molecular flexibility index (Phi) is 6.28. The van der Waals surface area contributed by atoms with Crippen molar-refractivity contribution in [2.75, 3.05) is 30.5 Å². The lowest BCUT2D eigenvalue weighted by atomic mass is 9.90. The smallest absolute Gasteiger partial charge is 0.411 e. The number of ether oxygens (including phenoxy) is 2. The monoisotopic (exact) mass is 393 g/mol. The van der Waals surface area contributed by atoms with Crippen molar-refractivity contribution in [3.8, 4) is 11.8 Å². The van der Waals surface area contributed by atoms with E-state index in [1.807, 2.05) is 50.2 Å². The van der Waals surface area contributed by atoms with Crippen LogP contribution >= 0.6 is 0 Å². The standard InChI is InChI=1S/C23H27N3O3/c1-5-11-29-23(27)25-20-10-7-16(12-15(20)3)22-19(14-24)18-9-8-17(28-4)13-21(18)26(22)6-2/h7-10,12-13,19,22H,5-6,11H2,1-4H3,(H,25,27).